The Labute approximate surface area is 532 Å². The summed E-state index contributed by atoms with van der Waals surface area (Å²) in [7, 11) is 3.21. The van der Waals surface area contributed by atoms with E-state index in [0.717, 1.165) is 21.5 Å². The second kappa shape index (κ2) is 35.6. The molecular weight excluding hydrogens is 1220 g/mol. The minimum atomic E-state index is -0.796. The lowest BCUT2D eigenvalue weighted by Gasteiger charge is -2.29. The number of aryl methyl sites for hydroxylation is 2. The number of likely N-dealkylation sites (N-methyl/N-ethyl adjacent to an activating group) is 2. The molecule has 2 heterocycles. The number of pyridine rings is 2. The Balaban J connectivity index is 0.000000356. The van der Waals surface area contributed by atoms with Crippen molar-refractivity contribution >= 4 is 125 Å². The van der Waals surface area contributed by atoms with E-state index < -0.39 is 57.9 Å². The first kappa shape index (κ1) is 74.1. The predicted molar refractivity (Wildman–Crippen MR) is 343 cm³/mol. The van der Waals surface area contributed by atoms with Crippen LogP contribution < -0.4 is 20.7 Å². The number of fused-ring (bicyclic) bond motifs is 2. The molecule has 0 unspecified atom stereocenters. The van der Waals surface area contributed by atoms with E-state index in [2.05, 4.69) is 25.9 Å². The number of anilines is 2. The van der Waals surface area contributed by atoms with Crippen molar-refractivity contribution in [1.82, 2.24) is 20.2 Å². The highest BCUT2D eigenvalue weighted by molar-refractivity contribution is 7.59. The van der Waals surface area contributed by atoms with Crippen molar-refractivity contribution in [2.24, 2.45) is 0 Å². The number of halogens is 4. The summed E-state index contributed by atoms with van der Waals surface area (Å²) in [6.45, 7) is 10.4. The number of hydrogen-bond donors (Lipinski definition) is 3. The number of carbonyl (C=O) groups excluding carboxylic acids is 6. The molecule has 0 fully saturated rings. The molecule has 7 rings (SSSR count). The number of non-ortho nitro benzene ring substituents is 1. The summed E-state index contributed by atoms with van der Waals surface area (Å²) in [5.41, 5.74) is -0.350. The number of amides is 3. The number of nitro benzene ring substituents is 1. The van der Waals surface area contributed by atoms with Crippen LogP contribution in [0.3, 0.4) is 0 Å². The molecule has 2 atom stereocenters. The number of nitro groups is 1. The monoisotopic (exact) mass is 1290 g/mol. The second-order valence-corrected chi connectivity index (χ2v) is 21.9. The first-order chi connectivity index (χ1) is 40.7. The van der Waals surface area contributed by atoms with E-state index in [-0.39, 0.29) is 118 Å². The van der Waals surface area contributed by atoms with Crippen LogP contribution in [0.25, 0.3) is 21.5 Å². The van der Waals surface area contributed by atoms with Crippen molar-refractivity contribution in [2.75, 3.05) is 37.9 Å². The number of esters is 3. The van der Waals surface area contributed by atoms with Crippen LogP contribution in [-0.4, -0.2) is 106 Å². The molecular formula is C62H71Cl2F2N7O13S2. The minimum Gasteiger partial charge on any atom is -0.460 e. The molecule has 0 aliphatic heterocycles. The number of ether oxygens (including phenoxy) is 5. The first-order valence-electron chi connectivity index (χ1n) is 26.9. The van der Waals surface area contributed by atoms with Crippen molar-refractivity contribution in [3.05, 3.63) is 177 Å². The molecule has 3 N–H and O–H groups in total. The third kappa shape index (κ3) is 25.7. The summed E-state index contributed by atoms with van der Waals surface area (Å²) in [6.07, 6.45) is 2.29. The third-order valence-electron chi connectivity index (χ3n) is 12.1. The van der Waals surface area contributed by atoms with Crippen LogP contribution in [-0.2, 0) is 51.0 Å². The van der Waals surface area contributed by atoms with Crippen LogP contribution in [0, 0.1) is 21.7 Å². The topological polar surface area (TPSA) is 257 Å². The largest absolute Gasteiger partial charge is 0.460 e. The molecule has 26 heteroatoms. The van der Waals surface area contributed by atoms with Gasteiger partial charge in [0.2, 0.25) is 5.91 Å². The minimum absolute atomic E-state index is 0. The van der Waals surface area contributed by atoms with E-state index in [4.69, 9.17) is 46.9 Å². The van der Waals surface area contributed by atoms with Crippen molar-refractivity contribution < 1.29 is 66.2 Å². The van der Waals surface area contributed by atoms with Gasteiger partial charge in [0, 0.05) is 48.8 Å². The highest BCUT2D eigenvalue weighted by atomic mass is 35.5. The Kier molecular flexibility index (Phi) is 30.0. The zero-order chi connectivity index (χ0) is 63.1. The van der Waals surface area contributed by atoms with E-state index in [0.29, 0.717) is 22.8 Å². The number of benzene rings is 5. The van der Waals surface area contributed by atoms with Gasteiger partial charge in [0.25, 0.3) is 5.69 Å². The molecule has 0 saturated carbocycles. The van der Waals surface area contributed by atoms with Gasteiger partial charge in [-0.1, -0.05) is 96.0 Å². The molecule has 7 aromatic rings. The summed E-state index contributed by atoms with van der Waals surface area (Å²) in [6, 6.07) is 31.6. The standard InChI is InChI=1S/C28H31ClFN3O5.C19H25N3O4.C15H11ClFNO4.2H2S/c1-28(2,3)38-25(35)15-21(33(4)24(34)13-12-18-10-7-11-22(30)26(18)29)17-37-27(36)32-23-14-19-8-5-6-9-20(19)16-31-23;1-19(2,3)26-17(23)10-15(20-4)12-25-18(24)22-16-9-13-7-5-6-8-14(13)11-21-16;16-15-10(2-1-3-13(15)17)4-9-14(19)22-12-7-5-11(6-8-12)18(20)21;;/h5-11,14,16,21H,12-13,15,17H2,1-4H3,(H,31,32,36);5-9,11,15,20H,10,12H2,1-4H3,(H,21,22,24);1-3,5-8H,4,9H2;2*1H2/t21-;15-;;;/m00.../s1. The third-order valence-corrected chi connectivity index (χ3v) is 12.9. The summed E-state index contributed by atoms with van der Waals surface area (Å²) < 4.78 is 53.2. The van der Waals surface area contributed by atoms with Gasteiger partial charge in [-0.05, 0) is 120 Å². The average Bonchev–Trinajstić information content (AvgIpc) is 3.62. The molecule has 2 aromatic heterocycles. The van der Waals surface area contributed by atoms with Crippen molar-refractivity contribution in [3.63, 3.8) is 0 Å². The van der Waals surface area contributed by atoms with Crippen molar-refractivity contribution in [2.45, 2.75) is 103 Å². The van der Waals surface area contributed by atoms with E-state index in [1.807, 2.05) is 48.5 Å². The van der Waals surface area contributed by atoms with Gasteiger partial charge in [0.15, 0.2) is 0 Å². The number of rotatable bonds is 20. The first-order valence-corrected chi connectivity index (χ1v) is 27.7. The molecule has 0 aliphatic rings. The quantitative estimate of drug-likeness (QED) is 0.0211. The summed E-state index contributed by atoms with van der Waals surface area (Å²) in [4.78, 5) is 93.2. The fourth-order valence-corrected chi connectivity index (χ4v) is 8.25. The summed E-state index contributed by atoms with van der Waals surface area (Å²) in [5.74, 6) is -1.95. The van der Waals surface area contributed by atoms with E-state index in [1.165, 1.54) is 60.5 Å². The molecule has 0 aliphatic carbocycles. The SMILES string of the molecule is CN(C(=O)CCc1cccc(F)c1Cl)[C@H](COC(=O)Nc1cc2ccccc2cn1)CC(=O)OC(C)(C)C.CN[C@H](COC(=O)Nc1cc2ccccc2cn1)CC(=O)OC(C)(C)C.O=C(CCc1cccc(F)c1Cl)Oc1ccc([N+](=O)[O-])cc1.S.S. The summed E-state index contributed by atoms with van der Waals surface area (Å²) >= 11 is 11.8. The smallest absolute Gasteiger partial charge is 0.412 e. The normalized spacial score (nSPS) is 11.5. The van der Waals surface area contributed by atoms with Gasteiger partial charge in [-0.25, -0.2) is 28.3 Å². The molecule has 472 valence electrons. The Morgan fingerprint density at radius 1 is 0.614 bits per heavy atom. The fourth-order valence-electron chi connectivity index (χ4n) is 7.80. The summed E-state index contributed by atoms with van der Waals surface area (Å²) in [5, 5.41) is 22.3. The van der Waals surface area contributed by atoms with Crippen LogP contribution in [0.5, 0.6) is 5.75 Å². The number of nitrogens with zero attached hydrogens (tertiary/aromatic N) is 4. The average molecular weight is 1300 g/mol. The highest BCUT2D eigenvalue weighted by Gasteiger charge is 2.28. The van der Waals surface area contributed by atoms with Crippen molar-refractivity contribution in [3.8, 4) is 5.75 Å². The number of hydrogen-bond acceptors (Lipinski definition) is 16. The lowest BCUT2D eigenvalue weighted by molar-refractivity contribution is -0.384. The number of nitrogens with one attached hydrogen (secondary N) is 3. The van der Waals surface area contributed by atoms with Gasteiger partial charge in [-0.3, -0.25) is 39.9 Å². The molecule has 0 bridgehead atoms. The van der Waals surface area contributed by atoms with Gasteiger partial charge < -0.3 is 33.9 Å². The van der Waals surface area contributed by atoms with Crippen LogP contribution in [0.2, 0.25) is 10.0 Å². The van der Waals surface area contributed by atoms with E-state index in [9.17, 15) is 47.7 Å². The molecule has 0 saturated heterocycles. The molecule has 5 aromatic carbocycles. The lowest BCUT2D eigenvalue weighted by Crippen LogP contribution is -2.43. The number of aromatic nitrogens is 2. The lowest BCUT2D eigenvalue weighted by atomic mass is 10.1. The van der Waals surface area contributed by atoms with E-state index >= 15 is 0 Å². The Morgan fingerprint density at radius 2 is 1.06 bits per heavy atom. The van der Waals surface area contributed by atoms with Crippen LogP contribution in [0.4, 0.5) is 35.7 Å². The molecule has 88 heavy (non-hydrogen) atoms. The van der Waals surface area contributed by atoms with Gasteiger partial charge in [-0.2, -0.15) is 27.0 Å². The van der Waals surface area contributed by atoms with Gasteiger partial charge in [0.1, 0.15) is 53.4 Å². The van der Waals surface area contributed by atoms with Crippen LogP contribution in [0.15, 0.2) is 134 Å². The Hall–Kier alpha value is -8.16. The van der Waals surface area contributed by atoms with Crippen LogP contribution in [0.1, 0.15) is 78.4 Å². The highest BCUT2D eigenvalue weighted by Crippen LogP contribution is 2.25. The molecule has 0 radical (unpaired) electrons. The van der Waals surface area contributed by atoms with Crippen LogP contribution >= 0.6 is 50.2 Å². The van der Waals surface area contributed by atoms with Gasteiger partial charge in [0.05, 0.1) is 46.3 Å². The van der Waals surface area contributed by atoms with Gasteiger partial charge in [-0.15, -0.1) is 0 Å². The maximum Gasteiger partial charge on any atom is 0.412 e. The maximum absolute atomic E-state index is 13.7. The Morgan fingerprint density at radius 3 is 1.51 bits per heavy atom. The van der Waals surface area contributed by atoms with Gasteiger partial charge >= 0.3 is 30.1 Å². The predicted octanol–water partition coefficient (Wildman–Crippen LogP) is 13.0. The molecule has 20 nitrogen and oxygen atoms in total. The number of carbonyl (C=O) groups is 6. The zero-order valence-corrected chi connectivity index (χ0v) is 53.1. The second-order valence-electron chi connectivity index (χ2n) is 21.2. The molecule has 3 amide bonds. The molecule has 0 spiro atoms. The fraction of sp³-hybridized carbons (Fsp3) is 0.323. The van der Waals surface area contributed by atoms with E-state index in [1.54, 1.807) is 85.2 Å². The zero-order valence-electron chi connectivity index (χ0n) is 49.6. The maximum atomic E-state index is 13.7. The van der Waals surface area contributed by atoms with Crippen molar-refractivity contribution in [1.29, 1.82) is 0 Å². The Bertz CT molecular complexity index is 3510.